The normalized spacial score (nSPS) is 13.5. The number of carbonyl (C=O) groups is 1. The van der Waals surface area contributed by atoms with Gasteiger partial charge in [0.15, 0.2) is 0 Å². The molecule has 123 heavy (non-hydrogen) atoms. The number of ether oxygens (including phenoxy) is 1. The van der Waals surface area contributed by atoms with Crippen LogP contribution >= 0.6 is 72.1 Å². The van der Waals surface area contributed by atoms with Crippen molar-refractivity contribution >= 4 is 179 Å². The molecule has 32 heteroatoms. The minimum Gasteiger partial charge on any atom is -0.378 e. The van der Waals surface area contributed by atoms with E-state index >= 15 is 0 Å². The summed E-state index contributed by atoms with van der Waals surface area (Å²) >= 11 is 34.2. The number of anilines is 14. The first-order valence-electron chi connectivity index (χ1n) is 40.4. The Morgan fingerprint density at radius 1 is 0.455 bits per heavy atom. The average Bonchev–Trinajstić information content (AvgIpc) is 1.74. The fraction of sp³-hybridized carbons (Fsp3) is 0.286. The highest BCUT2D eigenvalue weighted by molar-refractivity contribution is 7.81. The highest BCUT2D eigenvalue weighted by atomic mass is 35.5. The summed E-state index contributed by atoms with van der Waals surface area (Å²) in [6.45, 7) is 20.9. The monoisotopic (exact) mass is 1750 g/mol. The van der Waals surface area contributed by atoms with E-state index in [9.17, 15) is 4.79 Å². The van der Waals surface area contributed by atoms with Crippen LogP contribution in [0.5, 0.6) is 0 Å². The lowest BCUT2D eigenvalue weighted by Gasteiger charge is -2.28. The molecule has 0 atom stereocenters. The maximum Gasteiger partial charge on any atom is 0.230 e. The molecule has 0 unspecified atom stereocenters. The van der Waals surface area contributed by atoms with Gasteiger partial charge in [-0.25, -0.2) is 49.8 Å². The number of halogens is 2. The Kier molecular flexibility index (Phi) is 27.9. The van der Waals surface area contributed by atoms with E-state index in [2.05, 4.69) is 189 Å². The standard InChI is InChI=1S/C24H28N6S.C23H24N6OS.C22H21ClN6OS.C22H23ClN6S/c1-15-7-9-19-21(12-15)27-22(31)13-17-14-25-24(29-23(17)19)28-20-10-8-18(26-16(20)2)6-5-11-30(3)4;1-14-3-4-17-19(11-14)26-21(31)12-16-13-24-23(28-22(16)17)27-18-5-6-20(25-15(18)2)29-7-9-30-10-8-29;1-22(2,3)20(30)28-17-7-5-14(11-24-17)26-21-25-10-12-8-18(31)27-16-9-13(23)4-6-15(16)19(12)29-21;1-13-18(8-14(11-24-13)6-7-29(2)3)27-22-25-12-15-9-20(30)26-19-10-16(23)4-5-17(19)21(15)28-22/h7-10,12,14H,5-6,11,13H2,1-4H3,(H,27,31)(H,25,28,29);3-6,11,13H,7-10,12H2,1-2H3,(H,26,31)(H,24,27,28);4-7,9-11H,8H2,1-3H3,(H,27,31)(H,24,28,30)(H,25,26,29);4-5,8,10-12H,6-7,9H2,1-3H3,(H,26,30)(H,25,27,28). The van der Waals surface area contributed by atoms with Gasteiger partial charge in [-0.2, -0.15) is 0 Å². The fourth-order valence-corrected chi connectivity index (χ4v) is 15.4. The van der Waals surface area contributed by atoms with Crippen LogP contribution in [0, 0.1) is 40.0 Å². The first kappa shape index (κ1) is 87.6. The second-order valence-corrected chi connectivity index (χ2v) is 34.9. The number of nitrogens with one attached hydrogen (secondary N) is 9. The summed E-state index contributed by atoms with van der Waals surface area (Å²) in [5, 5.41) is 30.5. The van der Waals surface area contributed by atoms with Gasteiger partial charge in [-0.15, -0.1) is 0 Å². The SMILES string of the molecule is CC(C)(C)C(=O)Nc1ccc(Nc2ncc3c(n2)-c2ccc(Cl)cc2NC(=S)C3)cn1.Cc1ccc2c(c1)NC(=S)Cc1cnc(Nc3ccc(CCCN(C)C)nc3C)nc1-2.Cc1ccc2c(c1)NC(=S)Cc1cnc(Nc3ccc(N4CCOCC4)nc3C)nc1-2.Cc1ncc(CCN(C)C)cc1Nc1ncc2c(n1)-c1ccc(Cl)cc1NC(=S)C2. The number of hydrogen-bond donors (Lipinski definition) is 9. The molecular formula is C91H96Cl2N24O2S4. The number of nitrogens with zero attached hydrogens (tertiary/aromatic N) is 15. The van der Waals surface area contributed by atoms with E-state index in [4.69, 9.17) is 107 Å². The summed E-state index contributed by atoms with van der Waals surface area (Å²) in [5.74, 6) is 3.42. The zero-order chi connectivity index (χ0) is 86.8. The van der Waals surface area contributed by atoms with Gasteiger partial charge in [0.05, 0.1) is 102 Å². The Hall–Kier alpha value is -11.7. The number of amides is 1. The molecule has 8 aromatic heterocycles. The van der Waals surface area contributed by atoms with Gasteiger partial charge in [-0.1, -0.05) is 117 Å². The summed E-state index contributed by atoms with van der Waals surface area (Å²) in [5.41, 5.74) is 25.3. The van der Waals surface area contributed by atoms with Gasteiger partial charge in [0.1, 0.15) is 11.6 Å². The number of hydrogen-bond acceptors (Lipinski definition) is 25. The molecule has 0 bridgehead atoms. The van der Waals surface area contributed by atoms with Gasteiger partial charge in [0.25, 0.3) is 0 Å². The highest BCUT2D eigenvalue weighted by Gasteiger charge is 2.27. The summed E-state index contributed by atoms with van der Waals surface area (Å²) in [6, 6.07) is 37.7. The maximum atomic E-state index is 12.1. The number of aryl methyl sites for hydroxylation is 6. The lowest BCUT2D eigenvalue weighted by molar-refractivity contribution is -0.123. The van der Waals surface area contributed by atoms with Crippen LogP contribution in [0.25, 0.3) is 45.0 Å². The van der Waals surface area contributed by atoms with E-state index in [-0.39, 0.29) is 5.91 Å². The van der Waals surface area contributed by atoms with E-state index in [1.807, 2.05) is 121 Å². The van der Waals surface area contributed by atoms with E-state index in [1.165, 1.54) is 16.7 Å². The van der Waals surface area contributed by atoms with Crippen LogP contribution in [0.1, 0.15) is 88.9 Å². The van der Waals surface area contributed by atoms with Gasteiger partial charge in [-0.3, -0.25) is 14.8 Å². The molecule has 1 fully saturated rings. The first-order chi connectivity index (χ1) is 59.0. The topological polar surface area (TPSA) is 299 Å². The molecule has 630 valence electrons. The third-order valence-corrected chi connectivity index (χ3v) is 22.0. The zero-order valence-electron chi connectivity index (χ0n) is 70.5. The summed E-state index contributed by atoms with van der Waals surface area (Å²) in [7, 11) is 8.32. The van der Waals surface area contributed by atoms with Crippen molar-refractivity contribution in [2.75, 3.05) is 120 Å². The van der Waals surface area contributed by atoms with Crippen LogP contribution < -0.4 is 52.8 Å². The van der Waals surface area contributed by atoms with Crippen LogP contribution in [0.4, 0.5) is 80.9 Å². The number of carbonyl (C=O) groups excluding carboxylic acids is 1. The largest absolute Gasteiger partial charge is 0.378 e. The Balaban J connectivity index is 0.000000134. The lowest BCUT2D eigenvalue weighted by Crippen LogP contribution is -2.36. The van der Waals surface area contributed by atoms with Gasteiger partial charge in [0, 0.05) is 165 Å². The first-order valence-corrected chi connectivity index (χ1v) is 42.7. The number of pyridine rings is 4. The van der Waals surface area contributed by atoms with E-state index in [1.54, 1.807) is 18.5 Å². The van der Waals surface area contributed by atoms with Crippen molar-refractivity contribution in [3.05, 3.63) is 224 Å². The maximum absolute atomic E-state index is 12.1. The molecule has 12 aromatic rings. The Bertz CT molecular complexity index is 6020. The fourth-order valence-electron chi connectivity index (χ4n) is 14.0. The molecule has 4 aromatic carbocycles. The molecule has 1 amide bonds. The second kappa shape index (κ2) is 39.2. The lowest BCUT2D eigenvalue weighted by atomic mass is 9.96. The molecule has 17 rings (SSSR count). The van der Waals surface area contributed by atoms with Crippen molar-refractivity contribution < 1.29 is 9.53 Å². The van der Waals surface area contributed by atoms with Gasteiger partial charge in [-0.05, 0) is 196 Å². The molecule has 0 radical (unpaired) electrons. The van der Waals surface area contributed by atoms with E-state index in [0.717, 1.165) is 209 Å². The number of fused-ring (bicyclic) bond motifs is 12. The molecule has 5 aliphatic rings. The quantitative estimate of drug-likeness (QED) is 0.0383. The van der Waals surface area contributed by atoms with E-state index < -0.39 is 5.41 Å². The Labute approximate surface area is 748 Å². The minimum absolute atomic E-state index is 0.0971. The van der Waals surface area contributed by atoms with Crippen LogP contribution in [0.2, 0.25) is 10.0 Å². The molecular weight excluding hydrogens is 1660 g/mol. The number of rotatable bonds is 17. The number of likely N-dealkylation sites (N-methyl/N-ethyl adjacent to an activating group) is 1. The smallest absolute Gasteiger partial charge is 0.230 e. The average molecular weight is 1760 g/mol. The van der Waals surface area contributed by atoms with Crippen molar-refractivity contribution in [1.82, 2.24) is 69.6 Å². The van der Waals surface area contributed by atoms with E-state index in [0.29, 0.717) is 76.0 Å². The van der Waals surface area contributed by atoms with Crippen molar-refractivity contribution in [3.63, 3.8) is 0 Å². The summed E-state index contributed by atoms with van der Waals surface area (Å²) in [6.07, 6.45) is 16.2. The molecule has 5 aliphatic heterocycles. The predicted octanol–water partition coefficient (Wildman–Crippen LogP) is 18.6. The molecule has 26 nitrogen and oxygen atoms in total. The molecule has 13 heterocycles. The summed E-state index contributed by atoms with van der Waals surface area (Å²) < 4.78 is 5.44. The van der Waals surface area contributed by atoms with Crippen LogP contribution in [0.3, 0.4) is 0 Å². The second-order valence-electron chi connectivity index (χ2n) is 32.1. The third-order valence-electron chi connectivity index (χ3n) is 20.6. The number of benzene rings is 4. The van der Waals surface area contributed by atoms with Crippen molar-refractivity contribution in [1.29, 1.82) is 0 Å². The molecule has 1 saturated heterocycles. The van der Waals surface area contributed by atoms with Crippen molar-refractivity contribution in [2.45, 2.75) is 100 Å². The molecule has 0 saturated carbocycles. The Morgan fingerprint density at radius 3 is 1.33 bits per heavy atom. The minimum atomic E-state index is -0.494. The van der Waals surface area contributed by atoms with Gasteiger partial charge < -0.3 is 67.3 Å². The number of aromatic nitrogens is 12. The van der Waals surface area contributed by atoms with Crippen molar-refractivity contribution in [3.8, 4) is 45.0 Å². The summed E-state index contributed by atoms with van der Waals surface area (Å²) in [4.78, 5) is 77.3. The van der Waals surface area contributed by atoms with Crippen LogP contribution in [-0.4, -0.2) is 163 Å². The van der Waals surface area contributed by atoms with Crippen molar-refractivity contribution in [2.24, 2.45) is 5.41 Å². The predicted molar refractivity (Wildman–Crippen MR) is 514 cm³/mol. The molecule has 0 aliphatic carbocycles. The third kappa shape index (κ3) is 22.8. The molecule has 9 N–H and O–H groups in total. The van der Waals surface area contributed by atoms with Gasteiger partial charge >= 0.3 is 0 Å². The van der Waals surface area contributed by atoms with Gasteiger partial charge in [0.2, 0.25) is 29.7 Å². The molecule has 0 spiro atoms. The number of morpholine rings is 1. The van der Waals surface area contributed by atoms with Crippen LogP contribution in [-0.2, 0) is 48.1 Å². The highest BCUT2D eigenvalue weighted by Crippen LogP contribution is 2.40. The zero-order valence-corrected chi connectivity index (χ0v) is 75.3. The Morgan fingerprint density at radius 2 is 0.894 bits per heavy atom. The number of thiocarbonyl (C=S) groups is 4. The van der Waals surface area contributed by atoms with Crippen LogP contribution in [0.15, 0.2) is 152 Å².